The monoisotopic (exact) mass is 197 g/mol. The zero-order valence-corrected chi connectivity index (χ0v) is 8.56. The fourth-order valence-corrected chi connectivity index (χ4v) is 3.08. The Labute approximate surface area is 84.9 Å². The van der Waals surface area contributed by atoms with Gasteiger partial charge in [0, 0.05) is 37.8 Å². The summed E-state index contributed by atoms with van der Waals surface area (Å²) in [5.74, 6) is 6.02. The van der Waals surface area contributed by atoms with E-state index >= 15 is 0 Å². The molecule has 3 saturated heterocycles. The highest BCUT2D eigenvalue weighted by Crippen LogP contribution is 2.29. The molecule has 3 aliphatic heterocycles. The molecule has 2 bridgehead atoms. The van der Waals surface area contributed by atoms with Gasteiger partial charge in [-0.25, -0.2) is 5.01 Å². The normalized spacial score (nSPS) is 44.8. The third kappa shape index (κ3) is 1.37. The molecule has 3 aliphatic rings. The number of hydrogen-bond acceptors (Lipinski definition) is 4. The SMILES string of the molecule is NN1C2CCC1CN(C1CCOC1)C2. The van der Waals surface area contributed by atoms with Crippen molar-refractivity contribution in [3.63, 3.8) is 0 Å². The number of likely N-dealkylation sites (tertiary alicyclic amines) is 1. The molecule has 4 nitrogen and oxygen atoms in total. The Bertz CT molecular complexity index is 203. The predicted molar refractivity (Wildman–Crippen MR) is 53.6 cm³/mol. The zero-order chi connectivity index (χ0) is 9.54. The van der Waals surface area contributed by atoms with Gasteiger partial charge in [-0.15, -0.1) is 0 Å². The van der Waals surface area contributed by atoms with E-state index in [1.165, 1.54) is 19.3 Å². The van der Waals surface area contributed by atoms with Crippen LogP contribution in [0.25, 0.3) is 0 Å². The van der Waals surface area contributed by atoms with Gasteiger partial charge in [-0.05, 0) is 19.3 Å². The van der Waals surface area contributed by atoms with Gasteiger partial charge in [0.2, 0.25) is 0 Å². The van der Waals surface area contributed by atoms with Crippen molar-refractivity contribution in [2.75, 3.05) is 26.3 Å². The molecule has 3 rings (SSSR count). The molecule has 0 amide bonds. The largest absolute Gasteiger partial charge is 0.380 e. The lowest BCUT2D eigenvalue weighted by Crippen LogP contribution is -2.58. The molecule has 3 fully saturated rings. The van der Waals surface area contributed by atoms with E-state index in [2.05, 4.69) is 9.91 Å². The molecular weight excluding hydrogens is 178 g/mol. The standard InChI is InChI=1S/C10H19N3O/c11-13-8-1-2-9(13)6-12(5-8)10-3-4-14-7-10/h8-10H,1-7,11H2. The molecule has 0 aromatic rings. The summed E-state index contributed by atoms with van der Waals surface area (Å²) in [7, 11) is 0. The van der Waals surface area contributed by atoms with Gasteiger partial charge < -0.3 is 4.74 Å². The summed E-state index contributed by atoms with van der Waals surface area (Å²) in [6.45, 7) is 4.19. The second kappa shape index (κ2) is 3.45. The Morgan fingerprint density at radius 2 is 1.71 bits per heavy atom. The van der Waals surface area contributed by atoms with E-state index in [-0.39, 0.29) is 0 Å². The maximum absolute atomic E-state index is 6.02. The van der Waals surface area contributed by atoms with E-state index < -0.39 is 0 Å². The van der Waals surface area contributed by atoms with Crippen LogP contribution in [0.4, 0.5) is 0 Å². The van der Waals surface area contributed by atoms with Crippen LogP contribution in [0.1, 0.15) is 19.3 Å². The first-order chi connectivity index (χ1) is 6.84. The lowest BCUT2D eigenvalue weighted by Gasteiger charge is -2.40. The van der Waals surface area contributed by atoms with Crippen LogP contribution >= 0.6 is 0 Å². The van der Waals surface area contributed by atoms with Gasteiger partial charge in [0.05, 0.1) is 6.61 Å². The third-order valence-electron chi connectivity index (χ3n) is 3.99. The fraction of sp³-hybridized carbons (Fsp3) is 1.00. The number of hydrogen-bond donors (Lipinski definition) is 1. The van der Waals surface area contributed by atoms with Crippen molar-refractivity contribution in [1.29, 1.82) is 0 Å². The molecule has 14 heavy (non-hydrogen) atoms. The minimum atomic E-state index is 0.606. The van der Waals surface area contributed by atoms with E-state index in [1.54, 1.807) is 0 Å². The minimum absolute atomic E-state index is 0.606. The van der Waals surface area contributed by atoms with Crippen molar-refractivity contribution in [2.24, 2.45) is 5.84 Å². The Morgan fingerprint density at radius 3 is 2.29 bits per heavy atom. The van der Waals surface area contributed by atoms with E-state index in [0.29, 0.717) is 18.1 Å². The molecular formula is C10H19N3O. The number of hydrazine groups is 1. The first-order valence-corrected chi connectivity index (χ1v) is 5.69. The first-order valence-electron chi connectivity index (χ1n) is 5.69. The number of fused-ring (bicyclic) bond motifs is 2. The van der Waals surface area contributed by atoms with Gasteiger partial charge in [0.25, 0.3) is 0 Å². The lowest BCUT2D eigenvalue weighted by molar-refractivity contribution is 0.0364. The molecule has 0 aliphatic carbocycles. The van der Waals surface area contributed by atoms with E-state index in [1.807, 2.05) is 0 Å². The fourth-order valence-electron chi connectivity index (χ4n) is 3.08. The maximum Gasteiger partial charge on any atom is 0.0622 e. The van der Waals surface area contributed by atoms with E-state index in [0.717, 1.165) is 26.3 Å². The van der Waals surface area contributed by atoms with Gasteiger partial charge in [-0.3, -0.25) is 10.7 Å². The van der Waals surface area contributed by atoms with Gasteiger partial charge in [-0.1, -0.05) is 0 Å². The molecule has 3 atom stereocenters. The van der Waals surface area contributed by atoms with Crippen LogP contribution in [0.15, 0.2) is 0 Å². The van der Waals surface area contributed by atoms with Crippen LogP contribution < -0.4 is 5.84 Å². The quantitative estimate of drug-likeness (QED) is 0.591. The molecule has 2 N–H and O–H groups in total. The van der Waals surface area contributed by atoms with Crippen LogP contribution in [0.3, 0.4) is 0 Å². The van der Waals surface area contributed by atoms with Crippen molar-refractivity contribution in [3.8, 4) is 0 Å². The highest BCUT2D eigenvalue weighted by Gasteiger charge is 2.40. The topological polar surface area (TPSA) is 41.7 Å². The number of nitrogens with zero attached hydrogens (tertiary/aromatic N) is 2. The Balaban J connectivity index is 1.67. The summed E-state index contributed by atoms with van der Waals surface area (Å²) < 4.78 is 5.44. The summed E-state index contributed by atoms with van der Waals surface area (Å²) in [6.07, 6.45) is 3.78. The van der Waals surface area contributed by atoms with Crippen molar-refractivity contribution in [3.05, 3.63) is 0 Å². The van der Waals surface area contributed by atoms with Crippen molar-refractivity contribution in [1.82, 2.24) is 9.91 Å². The molecule has 80 valence electrons. The predicted octanol–water partition coefficient (Wildman–Crippen LogP) is -0.202. The van der Waals surface area contributed by atoms with E-state index in [4.69, 9.17) is 10.6 Å². The molecule has 3 unspecified atom stereocenters. The zero-order valence-electron chi connectivity index (χ0n) is 8.56. The number of rotatable bonds is 1. The molecule has 0 aromatic carbocycles. The Hall–Kier alpha value is -0.160. The van der Waals surface area contributed by atoms with Crippen LogP contribution in [0, 0.1) is 0 Å². The van der Waals surface area contributed by atoms with Crippen LogP contribution in [0.2, 0.25) is 0 Å². The molecule has 0 aromatic heterocycles. The van der Waals surface area contributed by atoms with Gasteiger partial charge >= 0.3 is 0 Å². The summed E-state index contributed by atoms with van der Waals surface area (Å²) in [5, 5.41) is 2.09. The van der Waals surface area contributed by atoms with E-state index in [9.17, 15) is 0 Å². The third-order valence-corrected chi connectivity index (χ3v) is 3.99. The highest BCUT2D eigenvalue weighted by molar-refractivity contribution is 4.95. The van der Waals surface area contributed by atoms with Crippen LogP contribution in [-0.4, -0.2) is 54.3 Å². The number of piperazine rings is 1. The molecule has 0 spiro atoms. The number of ether oxygens (including phenoxy) is 1. The van der Waals surface area contributed by atoms with Crippen molar-refractivity contribution in [2.45, 2.75) is 37.4 Å². The van der Waals surface area contributed by atoms with Gasteiger partial charge in [0.1, 0.15) is 0 Å². The maximum atomic E-state index is 6.02. The van der Waals surface area contributed by atoms with Crippen molar-refractivity contribution < 1.29 is 4.74 Å². The minimum Gasteiger partial charge on any atom is -0.380 e. The van der Waals surface area contributed by atoms with Crippen LogP contribution in [-0.2, 0) is 4.74 Å². The smallest absolute Gasteiger partial charge is 0.0622 e. The highest BCUT2D eigenvalue weighted by atomic mass is 16.5. The molecule has 3 heterocycles. The first kappa shape index (κ1) is 9.09. The second-order valence-electron chi connectivity index (χ2n) is 4.80. The average Bonchev–Trinajstić information content (AvgIpc) is 2.75. The molecule has 0 saturated carbocycles. The summed E-state index contributed by atoms with van der Waals surface area (Å²) >= 11 is 0. The van der Waals surface area contributed by atoms with Gasteiger partial charge in [0.15, 0.2) is 0 Å². The van der Waals surface area contributed by atoms with Crippen LogP contribution in [0.5, 0.6) is 0 Å². The number of nitrogens with two attached hydrogens (primary N) is 1. The Kier molecular flexibility index (Phi) is 2.24. The summed E-state index contributed by atoms with van der Waals surface area (Å²) in [4.78, 5) is 2.60. The van der Waals surface area contributed by atoms with Gasteiger partial charge in [-0.2, -0.15) is 0 Å². The summed E-state index contributed by atoms with van der Waals surface area (Å²) in [5.41, 5.74) is 0. The Morgan fingerprint density at radius 1 is 1.00 bits per heavy atom. The summed E-state index contributed by atoms with van der Waals surface area (Å²) in [6, 6.07) is 1.88. The second-order valence-corrected chi connectivity index (χ2v) is 4.80. The molecule has 0 radical (unpaired) electrons. The lowest BCUT2D eigenvalue weighted by atomic mass is 10.1. The average molecular weight is 197 g/mol. The molecule has 4 heteroatoms. The van der Waals surface area contributed by atoms with Crippen molar-refractivity contribution >= 4 is 0 Å².